The van der Waals surface area contributed by atoms with E-state index in [1.807, 2.05) is 11.9 Å². The van der Waals surface area contributed by atoms with Crippen molar-refractivity contribution >= 4 is 11.6 Å². The number of nitrogens with one attached hydrogen (secondary N) is 1. The third-order valence-corrected chi connectivity index (χ3v) is 4.52. The third kappa shape index (κ3) is 4.07. The lowest BCUT2D eigenvalue weighted by Gasteiger charge is -2.32. The van der Waals surface area contributed by atoms with Crippen molar-refractivity contribution in [3.63, 3.8) is 0 Å². The van der Waals surface area contributed by atoms with Crippen molar-refractivity contribution in [2.24, 2.45) is 5.92 Å². The van der Waals surface area contributed by atoms with E-state index in [9.17, 15) is 14.9 Å². The average molecular weight is 323 g/mol. The van der Waals surface area contributed by atoms with E-state index in [-0.39, 0.29) is 11.6 Å². The molecule has 8 nitrogen and oxygen atoms in total. The van der Waals surface area contributed by atoms with Crippen LogP contribution < -0.4 is 5.32 Å². The Labute approximate surface area is 136 Å². The molecule has 8 heteroatoms. The molecule has 1 fully saturated rings. The maximum Gasteiger partial charge on any atom is 0.312 e. The van der Waals surface area contributed by atoms with Crippen molar-refractivity contribution in [1.82, 2.24) is 20.0 Å². The van der Waals surface area contributed by atoms with E-state index in [2.05, 4.69) is 10.4 Å². The molecule has 0 bridgehead atoms. The zero-order chi connectivity index (χ0) is 17.0. The van der Waals surface area contributed by atoms with E-state index in [4.69, 9.17) is 0 Å². The molecule has 1 aromatic rings. The van der Waals surface area contributed by atoms with Crippen LogP contribution in [0.1, 0.15) is 30.7 Å². The molecule has 1 amide bonds. The molecule has 2 rings (SSSR count). The zero-order valence-electron chi connectivity index (χ0n) is 14.0. The molecule has 0 radical (unpaired) electrons. The Balaban J connectivity index is 1.88. The number of carbonyl (C=O) groups excluding carboxylic acids is 1. The first kappa shape index (κ1) is 17.4. The lowest BCUT2D eigenvalue weighted by atomic mass is 9.96. The molecule has 1 saturated heterocycles. The van der Waals surface area contributed by atoms with Gasteiger partial charge >= 0.3 is 5.69 Å². The van der Waals surface area contributed by atoms with Gasteiger partial charge in [-0.05, 0) is 46.2 Å². The predicted octanol–water partition coefficient (Wildman–Crippen LogP) is 1.26. The van der Waals surface area contributed by atoms with Crippen LogP contribution >= 0.6 is 0 Å². The summed E-state index contributed by atoms with van der Waals surface area (Å²) in [5.74, 6) is 0.742. The molecule has 0 unspecified atom stereocenters. The van der Waals surface area contributed by atoms with Crippen LogP contribution in [0.2, 0.25) is 0 Å². The highest BCUT2D eigenvalue weighted by Gasteiger charge is 2.24. The summed E-state index contributed by atoms with van der Waals surface area (Å²) in [6, 6.07) is 0. The molecule has 0 saturated carbocycles. The van der Waals surface area contributed by atoms with Crippen LogP contribution in [0.25, 0.3) is 0 Å². The predicted molar refractivity (Wildman–Crippen MR) is 86.2 cm³/mol. The van der Waals surface area contributed by atoms with Crippen molar-refractivity contribution in [1.29, 1.82) is 0 Å². The van der Waals surface area contributed by atoms with Gasteiger partial charge in [-0.1, -0.05) is 0 Å². The van der Waals surface area contributed by atoms with Crippen LogP contribution in [0.5, 0.6) is 0 Å². The van der Waals surface area contributed by atoms with Gasteiger partial charge in [-0.25, -0.2) is 0 Å². The smallest absolute Gasteiger partial charge is 0.312 e. The summed E-state index contributed by atoms with van der Waals surface area (Å²) in [5, 5.41) is 18.4. The lowest BCUT2D eigenvalue weighted by Crippen LogP contribution is -2.40. The highest BCUT2D eigenvalue weighted by molar-refractivity contribution is 5.76. The van der Waals surface area contributed by atoms with Gasteiger partial charge in [-0.15, -0.1) is 0 Å². The summed E-state index contributed by atoms with van der Waals surface area (Å²) >= 11 is 0. The number of hydrogen-bond acceptors (Lipinski definition) is 5. The van der Waals surface area contributed by atoms with Gasteiger partial charge in [0.25, 0.3) is 0 Å². The van der Waals surface area contributed by atoms with Crippen molar-refractivity contribution in [2.75, 3.05) is 26.7 Å². The molecule has 1 N–H and O–H groups in total. The fourth-order valence-corrected chi connectivity index (χ4v) is 3.20. The van der Waals surface area contributed by atoms with E-state index in [1.54, 1.807) is 18.5 Å². The first-order chi connectivity index (χ1) is 10.9. The second-order valence-electron chi connectivity index (χ2n) is 6.13. The molecule has 0 spiro atoms. The molecular formula is C15H25N5O3. The number of aromatic nitrogens is 2. The minimum absolute atomic E-state index is 0.0466. The van der Waals surface area contributed by atoms with Gasteiger partial charge in [0.2, 0.25) is 5.91 Å². The number of piperidine rings is 1. The van der Waals surface area contributed by atoms with Gasteiger partial charge < -0.3 is 10.2 Å². The molecule has 2 heterocycles. The summed E-state index contributed by atoms with van der Waals surface area (Å²) in [5.41, 5.74) is 0.950. The van der Waals surface area contributed by atoms with Crippen LogP contribution in [0, 0.1) is 29.9 Å². The molecule has 0 aromatic carbocycles. The number of likely N-dealkylation sites (tertiary alicyclic amines) is 1. The molecule has 0 aliphatic carbocycles. The fourth-order valence-electron chi connectivity index (χ4n) is 3.20. The Hall–Kier alpha value is -1.96. The van der Waals surface area contributed by atoms with E-state index in [0.717, 1.165) is 32.5 Å². The first-order valence-corrected chi connectivity index (χ1v) is 8.04. The van der Waals surface area contributed by atoms with E-state index >= 15 is 0 Å². The molecule has 128 valence electrons. The highest BCUT2D eigenvalue weighted by atomic mass is 16.6. The number of aryl methyl sites for hydroxylation is 2. The first-order valence-electron chi connectivity index (χ1n) is 8.04. The zero-order valence-corrected chi connectivity index (χ0v) is 14.0. The van der Waals surface area contributed by atoms with Gasteiger partial charge in [0.1, 0.15) is 11.4 Å². The molecule has 1 aliphatic heterocycles. The minimum atomic E-state index is -0.414. The number of nitro groups is 1. The number of amides is 1. The maximum atomic E-state index is 12.3. The molecule has 1 aromatic heterocycles. The topological polar surface area (TPSA) is 93.3 Å². The van der Waals surface area contributed by atoms with Crippen LogP contribution in [-0.4, -0.2) is 52.2 Å². The summed E-state index contributed by atoms with van der Waals surface area (Å²) in [6.45, 7) is 6.26. The van der Waals surface area contributed by atoms with Crippen LogP contribution in [0.4, 0.5) is 5.69 Å². The standard InChI is InChI=1S/C15H25N5O3/c1-11-15(20(22)23)12(2)19(17-11)9-6-14(21)18-7-4-13(5-8-18)10-16-3/h13,16H,4-10H2,1-3H3. The second kappa shape index (κ2) is 7.54. The molecule has 0 atom stereocenters. The summed E-state index contributed by atoms with van der Waals surface area (Å²) in [7, 11) is 1.95. The molecule has 1 aliphatic rings. The Morgan fingerprint density at radius 3 is 2.57 bits per heavy atom. The van der Waals surface area contributed by atoms with E-state index < -0.39 is 4.92 Å². The minimum Gasteiger partial charge on any atom is -0.343 e. The van der Waals surface area contributed by atoms with Crippen molar-refractivity contribution in [3.05, 3.63) is 21.5 Å². The van der Waals surface area contributed by atoms with Crippen molar-refractivity contribution in [2.45, 2.75) is 39.7 Å². The Kier molecular flexibility index (Phi) is 5.70. The lowest BCUT2D eigenvalue weighted by molar-refractivity contribution is -0.386. The SMILES string of the molecule is CNCC1CCN(C(=O)CCn2nc(C)c([N+](=O)[O-])c2C)CC1. The van der Waals surface area contributed by atoms with Crippen LogP contribution in [-0.2, 0) is 11.3 Å². The van der Waals surface area contributed by atoms with Gasteiger partial charge in [0.15, 0.2) is 0 Å². The monoisotopic (exact) mass is 323 g/mol. The fraction of sp³-hybridized carbons (Fsp3) is 0.733. The van der Waals surface area contributed by atoms with Crippen LogP contribution in [0.15, 0.2) is 0 Å². The summed E-state index contributed by atoms with van der Waals surface area (Å²) in [4.78, 5) is 24.8. The van der Waals surface area contributed by atoms with Gasteiger partial charge in [-0.2, -0.15) is 5.10 Å². The number of nitrogens with zero attached hydrogens (tertiary/aromatic N) is 4. The Morgan fingerprint density at radius 2 is 2.04 bits per heavy atom. The van der Waals surface area contributed by atoms with Gasteiger partial charge in [-0.3, -0.25) is 19.6 Å². The highest BCUT2D eigenvalue weighted by Crippen LogP contribution is 2.22. The number of carbonyl (C=O) groups is 1. The molecule has 23 heavy (non-hydrogen) atoms. The third-order valence-electron chi connectivity index (χ3n) is 4.52. The Morgan fingerprint density at radius 1 is 1.39 bits per heavy atom. The van der Waals surface area contributed by atoms with E-state index in [0.29, 0.717) is 30.3 Å². The van der Waals surface area contributed by atoms with E-state index in [1.165, 1.54) is 0 Å². The van der Waals surface area contributed by atoms with Crippen LogP contribution in [0.3, 0.4) is 0 Å². The number of hydrogen-bond donors (Lipinski definition) is 1. The maximum absolute atomic E-state index is 12.3. The average Bonchev–Trinajstić information content (AvgIpc) is 2.80. The Bertz CT molecular complexity index is 576. The van der Waals surface area contributed by atoms with Gasteiger partial charge in [0.05, 0.1) is 11.5 Å². The molecular weight excluding hydrogens is 298 g/mol. The van der Waals surface area contributed by atoms with Gasteiger partial charge in [0, 0.05) is 19.5 Å². The second-order valence-corrected chi connectivity index (χ2v) is 6.13. The largest absolute Gasteiger partial charge is 0.343 e. The summed E-state index contributed by atoms with van der Waals surface area (Å²) < 4.78 is 1.57. The number of rotatable bonds is 6. The van der Waals surface area contributed by atoms with Crippen molar-refractivity contribution < 1.29 is 9.72 Å². The normalized spacial score (nSPS) is 15.9. The van der Waals surface area contributed by atoms with Crippen molar-refractivity contribution in [3.8, 4) is 0 Å². The summed E-state index contributed by atoms with van der Waals surface area (Å²) in [6.07, 6.45) is 2.38. The quantitative estimate of drug-likeness (QED) is 0.628.